The first-order valence-electron chi connectivity index (χ1n) is 8.94. The largest absolute Gasteiger partial charge is 0.361 e. The van der Waals surface area contributed by atoms with E-state index in [1.165, 1.54) is 22.0 Å². The van der Waals surface area contributed by atoms with Crippen LogP contribution >= 0.6 is 0 Å². The van der Waals surface area contributed by atoms with E-state index in [1.54, 1.807) is 0 Å². The average molecular weight is 325 g/mol. The molecule has 4 nitrogen and oxygen atoms in total. The third-order valence-corrected chi connectivity index (χ3v) is 4.72. The highest BCUT2D eigenvalue weighted by Crippen LogP contribution is 2.28. The minimum absolute atomic E-state index is 0.139. The fraction of sp³-hybridized carbons (Fsp3) is 0.450. The smallest absolute Gasteiger partial charge is 0.234 e. The standard InChI is InChI=1S/C20H27N3O/c1-3-6-15(2)22-20(24)14-23-11-9-16(10-12-23)18-13-21-19-8-5-4-7-17(18)19/h4-5,7-9,13,15,21H,3,6,10-12,14H2,1-2H3,(H,22,24)/t15-/m1/s1. The lowest BCUT2D eigenvalue weighted by Gasteiger charge is -2.26. The molecule has 2 heterocycles. The SMILES string of the molecule is CCC[C@@H](C)NC(=O)CN1CC=C(c2c[nH]c3ccccc23)CC1. The number of hydrogen-bond donors (Lipinski definition) is 2. The van der Waals surface area contributed by atoms with Gasteiger partial charge >= 0.3 is 0 Å². The van der Waals surface area contributed by atoms with E-state index in [-0.39, 0.29) is 11.9 Å². The molecule has 1 aromatic heterocycles. The van der Waals surface area contributed by atoms with Crippen molar-refractivity contribution in [2.24, 2.45) is 0 Å². The second-order valence-electron chi connectivity index (χ2n) is 6.72. The molecule has 3 rings (SSSR count). The Bertz CT molecular complexity index is 731. The number of carbonyl (C=O) groups is 1. The van der Waals surface area contributed by atoms with Gasteiger partial charge in [0.1, 0.15) is 0 Å². The van der Waals surface area contributed by atoms with Crippen LogP contribution in [0.2, 0.25) is 0 Å². The van der Waals surface area contributed by atoms with Crippen molar-refractivity contribution >= 4 is 22.4 Å². The topological polar surface area (TPSA) is 48.1 Å². The summed E-state index contributed by atoms with van der Waals surface area (Å²) in [4.78, 5) is 17.7. The van der Waals surface area contributed by atoms with Crippen molar-refractivity contribution in [2.75, 3.05) is 19.6 Å². The molecular formula is C20H27N3O. The zero-order chi connectivity index (χ0) is 16.9. The van der Waals surface area contributed by atoms with Crippen LogP contribution in [0.4, 0.5) is 0 Å². The molecule has 0 radical (unpaired) electrons. The number of nitrogens with zero attached hydrogens (tertiary/aromatic N) is 1. The molecule has 0 spiro atoms. The van der Waals surface area contributed by atoms with Crippen LogP contribution in [-0.2, 0) is 4.79 Å². The van der Waals surface area contributed by atoms with Crippen LogP contribution in [0.15, 0.2) is 36.5 Å². The van der Waals surface area contributed by atoms with Gasteiger partial charge in [0.05, 0.1) is 6.54 Å². The summed E-state index contributed by atoms with van der Waals surface area (Å²) in [5.41, 5.74) is 3.86. The number of aromatic nitrogens is 1. The Kier molecular flexibility index (Phi) is 5.36. The second kappa shape index (κ2) is 7.67. The van der Waals surface area contributed by atoms with Crippen molar-refractivity contribution in [1.82, 2.24) is 15.2 Å². The van der Waals surface area contributed by atoms with E-state index < -0.39 is 0 Å². The maximum absolute atomic E-state index is 12.1. The van der Waals surface area contributed by atoms with Crippen LogP contribution < -0.4 is 5.32 Å². The van der Waals surface area contributed by atoms with E-state index in [1.807, 2.05) is 0 Å². The van der Waals surface area contributed by atoms with Gasteiger partial charge in [0.2, 0.25) is 5.91 Å². The number of fused-ring (bicyclic) bond motifs is 1. The molecule has 1 aliphatic heterocycles. The third kappa shape index (κ3) is 3.88. The van der Waals surface area contributed by atoms with E-state index in [0.29, 0.717) is 6.54 Å². The molecule has 0 aliphatic carbocycles. The van der Waals surface area contributed by atoms with Gasteiger partial charge in [-0.15, -0.1) is 0 Å². The maximum atomic E-state index is 12.1. The fourth-order valence-corrected chi connectivity index (χ4v) is 3.47. The van der Waals surface area contributed by atoms with E-state index in [9.17, 15) is 4.79 Å². The molecule has 1 atom stereocenters. The van der Waals surface area contributed by atoms with Gasteiger partial charge in [0.15, 0.2) is 0 Å². The summed E-state index contributed by atoms with van der Waals surface area (Å²) in [5, 5.41) is 4.37. The summed E-state index contributed by atoms with van der Waals surface area (Å²) in [5.74, 6) is 0.139. The van der Waals surface area contributed by atoms with Crippen LogP contribution in [0.1, 0.15) is 38.7 Å². The molecule has 4 heteroatoms. The summed E-state index contributed by atoms with van der Waals surface area (Å²) in [7, 11) is 0. The van der Waals surface area contributed by atoms with Crippen molar-refractivity contribution in [3.05, 3.63) is 42.1 Å². The number of hydrogen-bond acceptors (Lipinski definition) is 2. The van der Waals surface area contributed by atoms with Gasteiger partial charge in [0, 0.05) is 41.8 Å². The number of amides is 1. The van der Waals surface area contributed by atoms with E-state index in [2.05, 4.69) is 65.6 Å². The number of H-pyrrole nitrogens is 1. The molecule has 24 heavy (non-hydrogen) atoms. The number of benzene rings is 1. The Hall–Kier alpha value is -2.07. The van der Waals surface area contributed by atoms with Crippen LogP contribution in [-0.4, -0.2) is 41.5 Å². The first-order chi connectivity index (χ1) is 11.7. The fourth-order valence-electron chi connectivity index (χ4n) is 3.47. The summed E-state index contributed by atoms with van der Waals surface area (Å²) >= 11 is 0. The minimum Gasteiger partial charge on any atom is -0.361 e. The van der Waals surface area contributed by atoms with Gasteiger partial charge in [0.25, 0.3) is 0 Å². The average Bonchev–Trinajstić information content (AvgIpc) is 2.99. The Labute approximate surface area is 143 Å². The molecule has 1 amide bonds. The summed E-state index contributed by atoms with van der Waals surface area (Å²) < 4.78 is 0. The van der Waals surface area contributed by atoms with Crippen molar-refractivity contribution in [1.29, 1.82) is 0 Å². The molecule has 2 aromatic rings. The number of para-hydroxylation sites is 1. The zero-order valence-electron chi connectivity index (χ0n) is 14.6. The lowest BCUT2D eigenvalue weighted by molar-refractivity contribution is -0.122. The number of carbonyl (C=O) groups excluding carboxylic acids is 1. The monoisotopic (exact) mass is 325 g/mol. The third-order valence-electron chi connectivity index (χ3n) is 4.72. The Balaban J connectivity index is 1.59. The molecule has 1 aromatic carbocycles. The van der Waals surface area contributed by atoms with Crippen molar-refractivity contribution in [3.63, 3.8) is 0 Å². The van der Waals surface area contributed by atoms with Gasteiger partial charge in [-0.2, -0.15) is 0 Å². The van der Waals surface area contributed by atoms with Crippen molar-refractivity contribution < 1.29 is 4.79 Å². The maximum Gasteiger partial charge on any atom is 0.234 e. The molecule has 0 fully saturated rings. The van der Waals surface area contributed by atoms with Gasteiger partial charge in [-0.25, -0.2) is 0 Å². The Morgan fingerprint density at radius 3 is 2.96 bits per heavy atom. The van der Waals surface area contributed by atoms with Crippen LogP contribution in [0.3, 0.4) is 0 Å². The van der Waals surface area contributed by atoms with Gasteiger partial charge in [-0.05, 0) is 31.4 Å². The predicted molar refractivity (Wildman–Crippen MR) is 99.8 cm³/mol. The molecule has 0 saturated heterocycles. The number of aromatic amines is 1. The highest BCUT2D eigenvalue weighted by molar-refractivity contribution is 5.92. The molecule has 0 saturated carbocycles. The van der Waals surface area contributed by atoms with Crippen LogP contribution in [0, 0.1) is 0 Å². The molecule has 1 aliphatic rings. The van der Waals surface area contributed by atoms with E-state index >= 15 is 0 Å². The van der Waals surface area contributed by atoms with Gasteiger partial charge < -0.3 is 10.3 Å². The molecular weight excluding hydrogens is 298 g/mol. The van der Waals surface area contributed by atoms with Gasteiger partial charge in [-0.3, -0.25) is 9.69 Å². The number of nitrogens with one attached hydrogen (secondary N) is 2. The second-order valence-corrected chi connectivity index (χ2v) is 6.72. The number of rotatable bonds is 6. The first-order valence-corrected chi connectivity index (χ1v) is 8.94. The van der Waals surface area contributed by atoms with Crippen LogP contribution in [0.25, 0.3) is 16.5 Å². The summed E-state index contributed by atoms with van der Waals surface area (Å²) in [6, 6.07) is 8.67. The predicted octanol–water partition coefficient (Wildman–Crippen LogP) is 3.56. The molecule has 0 bridgehead atoms. The normalized spacial score (nSPS) is 16.8. The first kappa shape index (κ1) is 16.8. The van der Waals surface area contributed by atoms with Gasteiger partial charge in [-0.1, -0.05) is 37.6 Å². The quantitative estimate of drug-likeness (QED) is 0.853. The minimum atomic E-state index is 0.139. The zero-order valence-corrected chi connectivity index (χ0v) is 14.6. The van der Waals surface area contributed by atoms with Crippen molar-refractivity contribution in [3.8, 4) is 0 Å². The molecule has 0 unspecified atom stereocenters. The molecule has 2 N–H and O–H groups in total. The summed E-state index contributed by atoms with van der Waals surface area (Å²) in [6.07, 6.45) is 7.49. The van der Waals surface area contributed by atoms with E-state index in [4.69, 9.17) is 0 Å². The highest BCUT2D eigenvalue weighted by atomic mass is 16.2. The molecule has 128 valence electrons. The van der Waals surface area contributed by atoms with Crippen molar-refractivity contribution in [2.45, 2.75) is 39.2 Å². The lowest BCUT2D eigenvalue weighted by Crippen LogP contribution is -2.42. The Morgan fingerprint density at radius 2 is 2.21 bits per heavy atom. The Morgan fingerprint density at radius 1 is 1.38 bits per heavy atom. The lowest BCUT2D eigenvalue weighted by atomic mass is 9.99. The summed E-state index contributed by atoms with van der Waals surface area (Å²) in [6.45, 7) is 6.48. The highest BCUT2D eigenvalue weighted by Gasteiger charge is 2.18. The van der Waals surface area contributed by atoms with Crippen LogP contribution in [0.5, 0.6) is 0 Å². The van der Waals surface area contributed by atoms with E-state index in [0.717, 1.165) is 32.4 Å².